The van der Waals surface area contributed by atoms with Crippen molar-refractivity contribution in [1.82, 2.24) is 24.8 Å². The third-order valence-corrected chi connectivity index (χ3v) is 4.64. The summed E-state index contributed by atoms with van der Waals surface area (Å²) < 4.78 is 7.08. The van der Waals surface area contributed by atoms with Crippen LogP contribution in [0.4, 0.5) is 0 Å². The van der Waals surface area contributed by atoms with Gasteiger partial charge in [0.2, 0.25) is 5.89 Å². The van der Waals surface area contributed by atoms with Gasteiger partial charge in [0, 0.05) is 23.8 Å². The van der Waals surface area contributed by atoms with Crippen LogP contribution in [0, 0.1) is 12.8 Å². The summed E-state index contributed by atoms with van der Waals surface area (Å²) in [7, 11) is 2.01. The third-order valence-electron chi connectivity index (χ3n) is 4.64. The fourth-order valence-electron chi connectivity index (χ4n) is 3.46. The molecule has 0 fully saturated rings. The molecule has 8 nitrogen and oxygen atoms in total. The molecule has 2 aromatic heterocycles. The number of aryl methyl sites for hydroxylation is 1. The number of carbonyl (C=O) groups is 1. The smallest absolute Gasteiger partial charge is 0.356 e. The van der Waals surface area contributed by atoms with Crippen molar-refractivity contribution in [1.29, 1.82) is 0 Å². The molecule has 1 N–H and O–H groups in total. The van der Waals surface area contributed by atoms with E-state index in [1.807, 2.05) is 11.7 Å². The molecule has 0 spiro atoms. The number of nitrogens with zero attached hydrogens (tertiary/aromatic N) is 5. The Hall–Kier alpha value is -2.22. The van der Waals surface area contributed by atoms with E-state index < -0.39 is 5.97 Å². The van der Waals surface area contributed by atoms with E-state index in [2.05, 4.69) is 34.0 Å². The molecular weight excluding hydrogens is 322 g/mol. The molecule has 2 aromatic rings. The van der Waals surface area contributed by atoms with Crippen LogP contribution in [0.25, 0.3) is 0 Å². The molecule has 8 heteroatoms. The lowest BCUT2D eigenvalue weighted by Gasteiger charge is -2.30. The zero-order valence-electron chi connectivity index (χ0n) is 15.2. The molecule has 1 unspecified atom stereocenters. The molecule has 1 atom stereocenters. The molecular formula is C17H25N5O3. The number of hydrogen-bond donors (Lipinski definition) is 1. The Morgan fingerprint density at radius 3 is 2.84 bits per heavy atom. The van der Waals surface area contributed by atoms with Crippen molar-refractivity contribution in [3.63, 3.8) is 0 Å². The average Bonchev–Trinajstić information content (AvgIpc) is 3.10. The van der Waals surface area contributed by atoms with Crippen molar-refractivity contribution in [2.75, 3.05) is 7.05 Å². The summed E-state index contributed by atoms with van der Waals surface area (Å²) in [5.41, 5.74) is 2.14. The highest BCUT2D eigenvalue weighted by Crippen LogP contribution is 2.28. The topological polar surface area (TPSA) is 97.3 Å². The number of rotatable bonds is 6. The first-order chi connectivity index (χ1) is 11.8. The molecule has 0 radical (unpaired) electrons. The normalized spacial score (nSPS) is 17.3. The summed E-state index contributed by atoms with van der Waals surface area (Å²) in [6, 6.07) is 0.231. The van der Waals surface area contributed by atoms with Crippen molar-refractivity contribution in [2.24, 2.45) is 5.92 Å². The molecule has 0 saturated heterocycles. The Morgan fingerprint density at radius 1 is 1.48 bits per heavy atom. The second-order valence-electron chi connectivity index (χ2n) is 7.20. The second-order valence-corrected chi connectivity index (χ2v) is 7.20. The maximum atomic E-state index is 11.6. The largest absolute Gasteiger partial charge is 0.476 e. The van der Waals surface area contributed by atoms with Crippen LogP contribution in [0.1, 0.15) is 53.7 Å². The Morgan fingerprint density at radius 2 is 2.24 bits per heavy atom. The van der Waals surface area contributed by atoms with E-state index in [1.165, 1.54) is 0 Å². The van der Waals surface area contributed by atoms with Crippen LogP contribution in [0.3, 0.4) is 0 Å². The van der Waals surface area contributed by atoms with Crippen molar-refractivity contribution in [2.45, 2.75) is 59.2 Å². The Balaban J connectivity index is 1.79. The SMILES string of the molecule is Cc1noc(CN(C)C2CCc3c(c(C(=O)O)nn3CC(C)C)C2)n1. The molecule has 0 aromatic carbocycles. The van der Waals surface area contributed by atoms with E-state index >= 15 is 0 Å². The molecule has 1 aliphatic rings. The number of aromatic nitrogens is 4. The molecule has 1 aliphatic carbocycles. The van der Waals surface area contributed by atoms with Gasteiger partial charge in [-0.3, -0.25) is 9.58 Å². The van der Waals surface area contributed by atoms with Crippen LogP contribution in [0.5, 0.6) is 0 Å². The van der Waals surface area contributed by atoms with Crippen LogP contribution >= 0.6 is 0 Å². The number of carboxylic acid groups (broad SMARTS) is 1. The van der Waals surface area contributed by atoms with Gasteiger partial charge in [0.25, 0.3) is 0 Å². The third kappa shape index (κ3) is 3.73. The highest BCUT2D eigenvalue weighted by atomic mass is 16.5. The first-order valence-corrected chi connectivity index (χ1v) is 8.66. The first-order valence-electron chi connectivity index (χ1n) is 8.66. The monoisotopic (exact) mass is 347 g/mol. The Kier molecular flexibility index (Phi) is 4.89. The summed E-state index contributed by atoms with van der Waals surface area (Å²) in [5, 5.41) is 17.7. The lowest BCUT2D eigenvalue weighted by molar-refractivity contribution is 0.0687. The van der Waals surface area contributed by atoms with Gasteiger partial charge in [-0.1, -0.05) is 19.0 Å². The van der Waals surface area contributed by atoms with Crippen LogP contribution in [0.2, 0.25) is 0 Å². The van der Waals surface area contributed by atoms with Crippen LogP contribution in [-0.4, -0.2) is 49.0 Å². The molecule has 2 heterocycles. The number of fused-ring (bicyclic) bond motifs is 1. The summed E-state index contributed by atoms with van der Waals surface area (Å²) in [6.07, 6.45) is 2.47. The molecule has 0 bridgehead atoms. The predicted molar refractivity (Wildman–Crippen MR) is 90.3 cm³/mol. The molecule has 0 amide bonds. The fraction of sp³-hybridized carbons (Fsp3) is 0.647. The zero-order chi connectivity index (χ0) is 18.1. The van der Waals surface area contributed by atoms with E-state index in [-0.39, 0.29) is 11.7 Å². The minimum absolute atomic E-state index is 0.197. The number of likely N-dealkylation sites (N-methyl/N-ethyl adjacent to an activating group) is 1. The van der Waals surface area contributed by atoms with Crippen molar-refractivity contribution in [3.05, 3.63) is 28.7 Å². The maximum absolute atomic E-state index is 11.6. The number of hydrogen-bond acceptors (Lipinski definition) is 6. The van der Waals surface area contributed by atoms with Crippen LogP contribution in [0.15, 0.2) is 4.52 Å². The van der Waals surface area contributed by atoms with Gasteiger partial charge in [0.15, 0.2) is 11.5 Å². The van der Waals surface area contributed by atoms with Gasteiger partial charge in [0.1, 0.15) is 0 Å². The highest BCUT2D eigenvalue weighted by Gasteiger charge is 2.31. The molecule has 25 heavy (non-hydrogen) atoms. The van der Waals surface area contributed by atoms with E-state index in [0.29, 0.717) is 30.6 Å². The van der Waals surface area contributed by atoms with Crippen LogP contribution in [-0.2, 0) is 25.9 Å². The quantitative estimate of drug-likeness (QED) is 0.852. The van der Waals surface area contributed by atoms with Crippen LogP contribution < -0.4 is 0 Å². The summed E-state index contributed by atoms with van der Waals surface area (Å²) in [5.74, 6) is 0.679. The maximum Gasteiger partial charge on any atom is 0.356 e. The lowest BCUT2D eigenvalue weighted by Crippen LogP contribution is -2.36. The van der Waals surface area contributed by atoms with Crippen molar-refractivity contribution in [3.8, 4) is 0 Å². The van der Waals surface area contributed by atoms with Gasteiger partial charge in [-0.05, 0) is 39.2 Å². The van der Waals surface area contributed by atoms with Gasteiger partial charge >= 0.3 is 5.97 Å². The van der Waals surface area contributed by atoms with Gasteiger partial charge in [0.05, 0.1) is 6.54 Å². The summed E-state index contributed by atoms with van der Waals surface area (Å²) in [4.78, 5) is 18.0. The average molecular weight is 347 g/mol. The van der Waals surface area contributed by atoms with E-state index in [4.69, 9.17) is 4.52 Å². The standard InChI is InChI=1S/C17H25N5O3/c1-10(2)8-22-14-6-5-12(7-13(14)16(19-22)17(23)24)21(4)9-15-18-11(3)20-25-15/h10,12H,5-9H2,1-4H3,(H,23,24). The summed E-state index contributed by atoms with van der Waals surface area (Å²) in [6.45, 7) is 7.32. The molecule has 136 valence electrons. The fourth-order valence-corrected chi connectivity index (χ4v) is 3.46. The van der Waals surface area contributed by atoms with Crippen molar-refractivity contribution >= 4 is 5.97 Å². The van der Waals surface area contributed by atoms with Gasteiger partial charge in [-0.25, -0.2) is 4.79 Å². The van der Waals surface area contributed by atoms with Gasteiger partial charge in [-0.15, -0.1) is 0 Å². The minimum Gasteiger partial charge on any atom is -0.476 e. The molecule has 0 aliphatic heterocycles. The highest BCUT2D eigenvalue weighted by molar-refractivity contribution is 5.87. The van der Waals surface area contributed by atoms with Gasteiger partial charge < -0.3 is 9.63 Å². The van der Waals surface area contributed by atoms with E-state index in [9.17, 15) is 9.90 Å². The zero-order valence-corrected chi connectivity index (χ0v) is 15.2. The summed E-state index contributed by atoms with van der Waals surface area (Å²) >= 11 is 0. The second kappa shape index (κ2) is 6.95. The van der Waals surface area contributed by atoms with Gasteiger partial charge in [-0.2, -0.15) is 10.1 Å². The number of carboxylic acids is 1. The first kappa shape index (κ1) is 17.6. The predicted octanol–water partition coefficient (Wildman–Crippen LogP) is 1.92. The molecule has 3 rings (SSSR count). The van der Waals surface area contributed by atoms with E-state index in [1.54, 1.807) is 6.92 Å². The Labute approximate surface area is 146 Å². The van der Waals surface area contributed by atoms with Crippen molar-refractivity contribution < 1.29 is 14.4 Å². The Bertz CT molecular complexity index is 764. The minimum atomic E-state index is -0.949. The number of aromatic carboxylic acids is 1. The molecule has 0 saturated carbocycles. The lowest BCUT2D eigenvalue weighted by atomic mass is 9.90. The van der Waals surface area contributed by atoms with E-state index in [0.717, 1.165) is 30.6 Å².